The minimum Gasteiger partial charge on any atom is -0.508 e. The summed E-state index contributed by atoms with van der Waals surface area (Å²) in [6, 6.07) is 1.82. The summed E-state index contributed by atoms with van der Waals surface area (Å²) in [5, 5.41) is 26.5. The number of carboxylic acids is 1. The third-order valence-electron chi connectivity index (χ3n) is 5.65. The second-order valence-electron chi connectivity index (χ2n) is 8.73. The molecule has 3 amide bonds. The highest BCUT2D eigenvalue weighted by atomic mass is 16.4. The van der Waals surface area contributed by atoms with Crippen LogP contribution in [0.25, 0.3) is 0 Å². The topological polar surface area (TPSA) is 226 Å². The Balaban J connectivity index is 2.07. The van der Waals surface area contributed by atoms with Crippen molar-refractivity contribution in [3.63, 3.8) is 0 Å². The van der Waals surface area contributed by atoms with Crippen LogP contribution in [-0.4, -0.2) is 74.6 Å². The average Bonchev–Trinajstić information content (AvgIpc) is 3.37. The molecule has 202 valence electrons. The van der Waals surface area contributed by atoms with Gasteiger partial charge in [-0.05, 0) is 50.4 Å². The Morgan fingerprint density at radius 3 is 2.24 bits per heavy atom. The van der Waals surface area contributed by atoms with Gasteiger partial charge >= 0.3 is 5.97 Å². The number of benzene rings is 1. The van der Waals surface area contributed by atoms with E-state index >= 15 is 0 Å². The number of aromatic nitrogens is 2. The van der Waals surface area contributed by atoms with Gasteiger partial charge in [0.2, 0.25) is 17.7 Å². The number of H-pyrrole nitrogens is 1. The Labute approximate surface area is 214 Å². The number of amides is 3. The van der Waals surface area contributed by atoms with Gasteiger partial charge < -0.3 is 42.6 Å². The van der Waals surface area contributed by atoms with Crippen LogP contribution in [-0.2, 0) is 32.0 Å². The molecule has 0 aliphatic heterocycles. The van der Waals surface area contributed by atoms with Crippen LogP contribution in [0.3, 0.4) is 0 Å². The first-order valence-electron chi connectivity index (χ1n) is 12.0. The van der Waals surface area contributed by atoms with E-state index in [-0.39, 0.29) is 25.0 Å². The lowest BCUT2D eigenvalue weighted by atomic mass is 10.0. The minimum atomic E-state index is -1.19. The highest BCUT2D eigenvalue weighted by molar-refractivity contribution is 5.94. The lowest BCUT2D eigenvalue weighted by Crippen LogP contribution is -2.57. The molecular weight excluding hydrogens is 482 g/mol. The highest BCUT2D eigenvalue weighted by Crippen LogP contribution is 2.12. The summed E-state index contributed by atoms with van der Waals surface area (Å²) in [6.07, 6.45) is 4.56. The number of carbonyl (C=O) groups is 4. The van der Waals surface area contributed by atoms with Gasteiger partial charge in [-0.3, -0.25) is 14.4 Å². The SMILES string of the molecule is CC(NC(=O)C(Cc1ccc(O)cc1)NC(=O)C(N)Cc1cnc[nH]1)C(=O)NC(CCCCN)C(=O)O. The van der Waals surface area contributed by atoms with Crippen molar-refractivity contribution in [2.24, 2.45) is 11.5 Å². The molecule has 4 atom stereocenters. The van der Waals surface area contributed by atoms with Crippen LogP contribution in [0, 0.1) is 0 Å². The van der Waals surface area contributed by atoms with E-state index in [1.54, 1.807) is 12.1 Å². The first kappa shape index (κ1) is 29.3. The second-order valence-corrected chi connectivity index (χ2v) is 8.73. The maximum atomic E-state index is 13.1. The molecule has 0 aliphatic rings. The zero-order valence-corrected chi connectivity index (χ0v) is 20.6. The first-order chi connectivity index (χ1) is 17.6. The number of phenols is 1. The van der Waals surface area contributed by atoms with E-state index in [1.165, 1.54) is 31.6 Å². The van der Waals surface area contributed by atoms with Gasteiger partial charge in [0.05, 0.1) is 12.4 Å². The molecule has 0 aliphatic carbocycles. The number of rotatable bonds is 15. The van der Waals surface area contributed by atoms with E-state index in [2.05, 4.69) is 25.9 Å². The number of phenolic OH excluding ortho intramolecular Hbond substituents is 1. The van der Waals surface area contributed by atoms with Crippen LogP contribution in [0.4, 0.5) is 0 Å². The zero-order chi connectivity index (χ0) is 27.4. The maximum absolute atomic E-state index is 13.1. The van der Waals surface area contributed by atoms with Gasteiger partial charge in [0.25, 0.3) is 0 Å². The molecule has 1 aromatic heterocycles. The van der Waals surface area contributed by atoms with Crippen molar-refractivity contribution in [2.45, 2.75) is 63.2 Å². The predicted octanol–water partition coefficient (Wildman–Crippen LogP) is -1.08. The number of aromatic amines is 1. The third-order valence-corrected chi connectivity index (χ3v) is 5.65. The maximum Gasteiger partial charge on any atom is 0.326 e. The smallest absolute Gasteiger partial charge is 0.326 e. The number of imidazole rings is 1. The van der Waals surface area contributed by atoms with Crippen LogP contribution in [0.1, 0.15) is 37.4 Å². The summed E-state index contributed by atoms with van der Waals surface area (Å²) in [4.78, 5) is 56.7. The third kappa shape index (κ3) is 9.89. The van der Waals surface area contributed by atoms with Crippen molar-refractivity contribution in [3.05, 3.63) is 48.0 Å². The quantitative estimate of drug-likeness (QED) is 0.134. The number of nitrogens with one attached hydrogen (secondary N) is 4. The minimum absolute atomic E-state index is 0.0418. The van der Waals surface area contributed by atoms with Gasteiger partial charge in [-0.1, -0.05) is 12.1 Å². The molecule has 10 N–H and O–H groups in total. The van der Waals surface area contributed by atoms with Crippen LogP contribution in [0.2, 0.25) is 0 Å². The fourth-order valence-corrected chi connectivity index (χ4v) is 3.51. The Morgan fingerprint density at radius 1 is 0.973 bits per heavy atom. The van der Waals surface area contributed by atoms with Crippen LogP contribution in [0.5, 0.6) is 5.75 Å². The van der Waals surface area contributed by atoms with E-state index in [1.807, 2.05) is 0 Å². The second kappa shape index (κ2) is 14.6. The number of aromatic hydroxyl groups is 1. The fraction of sp³-hybridized carbons (Fsp3) is 0.458. The molecule has 0 saturated heterocycles. The summed E-state index contributed by atoms with van der Waals surface area (Å²) < 4.78 is 0. The van der Waals surface area contributed by atoms with Crippen molar-refractivity contribution >= 4 is 23.7 Å². The molecule has 2 aromatic rings. The molecule has 4 unspecified atom stereocenters. The number of nitrogens with two attached hydrogens (primary N) is 2. The van der Waals surface area contributed by atoms with Gasteiger partial charge in [-0.15, -0.1) is 0 Å². The molecule has 1 heterocycles. The van der Waals surface area contributed by atoms with Crippen LogP contribution >= 0.6 is 0 Å². The Hall–Kier alpha value is -3.97. The van der Waals surface area contributed by atoms with E-state index in [4.69, 9.17) is 11.5 Å². The van der Waals surface area contributed by atoms with Gasteiger partial charge in [-0.2, -0.15) is 0 Å². The molecule has 0 spiro atoms. The van der Waals surface area contributed by atoms with Crippen molar-refractivity contribution in [3.8, 4) is 5.75 Å². The fourth-order valence-electron chi connectivity index (χ4n) is 3.51. The molecule has 13 heteroatoms. The van der Waals surface area contributed by atoms with E-state index < -0.39 is 47.9 Å². The number of hydrogen-bond acceptors (Lipinski definition) is 8. The molecule has 0 fully saturated rings. The van der Waals surface area contributed by atoms with Gasteiger partial charge in [0.15, 0.2) is 0 Å². The lowest BCUT2D eigenvalue weighted by Gasteiger charge is -2.23. The van der Waals surface area contributed by atoms with Crippen molar-refractivity contribution in [1.82, 2.24) is 25.9 Å². The van der Waals surface area contributed by atoms with E-state index in [0.717, 1.165) is 0 Å². The molecule has 0 saturated carbocycles. The summed E-state index contributed by atoms with van der Waals surface area (Å²) >= 11 is 0. The molecule has 0 bridgehead atoms. The lowest BCUT2D eigenvalue weighted by molar-refractivity contribution is -0.142. The summed E-state index contributed by atoms with van der Waals surface area (Å²) in [7, 11) is 0. The van der Waals surface area contributed by atoms with Gasteiger partial charge in [0, 0.05) is 24.7 Å². The number of carbonyl (C=O) groups excluding carboxylic acids is 3. The van der Waals surface area contributed by atoms with Crippen molar-refractivity contribution < 1.29 is 29.4 Å². The molecular formula is C24H35N7O6. The molecule has 2 rings (SSSR count). The monoisotopic (exact) mass is 517 g/mol. The van der Waals surface area contributed by atoms with Crippen LogP contribution < -0.4 is 27.4 Å². The number of aliphatic carboxylic acids is 1. The standard InChI is InChI=1S/C24H35N7O6/c1-14(21(33)30-19(24(36)37)4-2-3-9-25)29-23(35)20(10-15-5-7-17(32)8-6-15)31-22(34)18(26)11-16-12-27-13-28-16/h5-8,12-14,18-20,32H,2-4,9-11,25-26H2,1H3,(H,27,28)(H,29,35)(H,30,33)(H,31,34)(H,36,37). The normalized spacial score (nSPS) is 14.1. The summed E-state index contributed by atoms with van der Waals surface area (Å²) in [5.41, 5.74) is 12.7. The average molecular weight is 518 g/mol. The first-order valence-corrected chi connectivity index (χ1v) is 12.0. The number of nitrogens with zero attached hydrogens (tertiary/aromatic N) is 1. The molecule has 1 aromatic carbocycles. The van der Waals surface area contributed by atoms with E-state index in [0.29, 0.717) is 30.6 Å². The largest absolute Gasteiger partial charge is 0.508 e. The Kier molecular flexibility index (Phi) is 11.5. The zero-order valence-electron chi connectivity index (χ0n) is 20.6. The molecule has 13 nitrogen and oxygen atoms in total. The number of unbranched alkanes of at least 4 members (excludes halogenated alkanes) is 1. The Morgan fingerprint density at radius 2 is 1.65 bits per heavy atom. The highest BCUT2D eigenvalue weighted by Gasteiger charge is 2.28. The molecule has 0 radical (unpaired) electrons. The number of hydrogen-bond donors (Lipinski definition) is 8. The summed E-state index contributed by atoms with van der Waals surface area (Å²) in [6.45, 7) is 1.82. The van der Waals surface area contributed by atoms with Crippen molar-refractivity contribution in [2.75, 3.05) is 6.54 Å². The Bertz CT molecular complexity index is 1030. The van der Waals surface area contributed by atoms with E-state index in [9.17, 15) is 29.4 Å². The van der Waals surface area contributed by atoms with Crippen LogP contribution in [0.15, 0.2) is 36.8 Å². The predicted molar refractivity (Wildman–Crippen MR) is 134 cm³/mol. The van der Waals surface area contributed by atoms with Gasteiger partial charge in [0.1, 0.15) is 23.9 Å². The molecule has 37 heavy (non-hydrogen) atoms. The number of carboxylic acid groups (broad SMARTS) is 1. The van der Waals surface area contributed by atoms with Gasteiger partial charge in [-0.25, -0.2) is 9.78 Å². The van der Waals surface area contributed by atoms with Crippen molar-refractivity contribution in [1.29, 1.82) is 0 Å². The summed E-state index contributed by atoms with van der Waals surface area (Å²) in [5.74, 6) is -3.07.